The molecule has 0 radical (unpaired) electrons. The smallest absolute Gasteiger partial charge is 0.133 e. The van der Waals surface area contributed by atoms with Crippen molar-refractivity contribution in [1.82, 2.24) is 4.98 Å². The number of aromatic nitrogens is 1. The number of nitrogens with zero attached hydrogens (tertiary/aromatic N) is 1. The standard InChI is InChI=1S/C15H17BrN2O2/c1-20-14-6-5-10(8-12(14)16)15(19)11(9-17)13-4-2-3-7-18-13/h2-8,11,15,19H,9,17H2,1H3. The van der Waals surface area contributed by atoms with Crippen LogP contribution in [0, 0.1) is 0 Å². The van der Waals surface area contributed by atoms with E-state index in [1.165, 1.54) is 0 Å². The molecule has 3 N–H and O–H groups in total. The topological polar surface area (TPSA) is 68.4 Å². The first-order chi connectivity index (χ1) is 9.67. The minimum absolute atomic E-state index is 0.239. The molecule has 4 nitrogen and oxygen atoms in total. The van der Waals surface area contributed by atoms with E-state index in [0.717, 1.165) is 21.5 Å². The lowest BCUT2D eigenvalue weighted by atomic mass is 9.92. The number of halogens is 1. The summed E-state index contributed by atoms with van der Waals surface area (Å²) in [4.78, 5) is 4.28. The molecule has 20 heavy (non-hydrogen) atoms. The second-order valence-electron chi connectivity index (χ2n) is 4.44. The molecule has 1 aromatic carbocycles. The Bertz CT molecular complexity index is 563. The van der Waals surface area contributed by atoms with E-state index in [0.29, 0.717) is 6.54 Å². The molecule has 2 aromatic rings. The predicted octanol–water partition coefficient (Wildman–Crippen LogP) is 2.63. The van der Waals surface area contributed by atoms with Gasteiger partial charge in [-0.2, -0.15) is 0 Å². The van der Waals surface area contributed by atoms with Crippen LogP contribution in [0.5, 0.6) is 5.75 Å². The third kappa shape index (κ3) is 3.17. The average Bonchev–Trinajstić information content (AvgIpc) is 2.49. The summed E-state index contributed by atoms with van der Waals surface area (Å²) in [6, 6.07) is 11.1. The van der Waals surface area contributed by atoms with Gasteiger partial charge in [-0.3, -0.25) is 4.98 Å². The van der Waals surface area contributed by atoms with E-state index in [9.17, 15) is 5.11 Å². The largest absolute Gasteiger partial charge is 0.496 e. The van der Waals surface area contributed by atoms with E-state index >= 15 is 0 Å². The average molecular weight is 337 g/mol. The van der Waals surface area contributed by atoms with Crippen LogP contribution in [0.25, 0.3) is 0 Å². The van der Waals surface area contributed by atoms with Gasteiger partial charge in [-0.25, -0.2) is 0 Å². The number of hydrogen-bond acceptors (Lipinski definition) is 4. The Labute approximate surface area is 126 Å². The SMILES string of the molecule is COc1ccc(C(O)C(CN)c2ccccn2)cc1Br. The number of pyridine rings is 1. The number of aliphatic hydroxyl groups excluding tert-OH is 1. The molecule has 0 saturated carbocycles. The van der Waals surface area contributed by atoms with E-state index in [-0.39, 0.29) is 5.92 Å². The van der Waals surface area contributed by atoms with Gasteiger partial charge in [-0.05, 0) is 45.8 Å². The van der Waals surface area contributed by atoms with E-state index in [2.05, 4.69) is 20.9 Å². The zero-order valence-corrected chi connectivity index (χ0v) is 12.7. The summed E-state index contributed by atoms with van der Waals surface area (Å²) in [7, 11) is 1.60. The Balaban J connectivity index is 2.29. The number of nitrogens with two attached hydrogens (primary N) is 1. The van der Waals surface area contributed by atoms with E-state index in [4.69, 9.17) is 10.5 Å². The van der Waals surface area contributed by atoms with Crippen molar-refractivity contribution in [2.24, 2.45) is 5.73 Å². The van der Waals surface area contributed by atoms with Crippen LogP contribution in [0.3, 0.4) is 0 Å². The Morgan fingerprint density at radius 1 is 1.35 bits per heavy atom. The fraction of sp³-hybridized carbons (Fsp3) is 0.267. The maximum atomic E-state index is 10.5. The number of rotatable bonds is 5. The number of aliphatic hydroxyl groups is 1. The van der Waals surface area contributed by atoms with Crippen LogP contribution in [0.4, 0.5) is 0 Å². The summed E-state index contributed by atoms with van der Waals surface area (Å²) < 4.78 is 5.98. The van der Waals surface area contributed by atoms with Crippen LogP contribution in [-0.2, 0) is 0 Å². The molecule has 1 aromatic heterocycles. The van der Waals surface area contributed by atoms with Crippen LogP contribution in [0.2, 0.25) is 0 Å². The van der Waals surface area contributed by atoms with Crippen LogP contribution >= 0.6 is 15.9 Å². The first kappa shape index (κ1) is 15.0. The van der Waals surface area contributed by atoms with Crippen LogP contribution in [-0.4, -0.2) is 23.7 Å². The number of hydrogen-bond donors (Lipinski definition) is 2. The van der Waals surface area contributed by atoms with Gasteiger partial charge in [0.05, 0.1) is 17.7 Å². The Morgan fingerprint density at radius 2 is 2.15 bits per heavy atom. The van der Waals surface area contributed by atoms with Crippen molar-refractivity contribution in [3.8, 4) is 5.75 Å². The second kappa shape index (κ2) is 6.83. The molecule has 1 heterocycles. The molecule has 2 unspecified atom stereocenters. The van der Waals surface area contributed by atoms with Gasteiger partial charge in [-0.1, -0.05) is 12.1 Å². The summed E-state index contributed by atoms with van der Waals surface area (Å²) in [5.74, 6) is 0.486. The van der Waals surface area contributed by atoms with E-state index in [1.807, 2.05) is 36.4 Å². The monoisotopic (exact) mass is 336 g/mol. The van der Waals surface area contributed by atoms with Crippen molar-refractivity contribution in [2.75, 3.05) is 13.7 Å². The van der Waals surface area contributed by atoms with Gasteiger partial charge in [0.25, 0.3) is 0 Å². The van der Waals surface area contributed by atoms with Gasteiger partial charge < -0.3 is 15.6 Å². The first-order valence-electron chi connectivity index (χ1n) is 6.30. The molecule has 0 aliphatic carbocycles. The lowest BCUT2D eigenvalue weighted by Crippen LogP contribution is -2.21. The van der Waals surface area contributed by atoms with Crippen molar-refractivity contribution in [3.63, 3.8) is 0 Å². The van der Waals surface area contributed by atoms with Gasteiger partial charge in [0.1, 0.15) is 5.75 Å². The quantitative estimate of drug-likeness (QED) is 0.880. The van der Waals surface area contributed by atoms with Crippen molar-refractivity contribution < 1.29 is 9.84 Å². The molecule has 0 bridgehead atoms. The van der Waals surface area contributed by atoms with Crippen molar-refractivity contribution in [3.05, 3.63) is 58.3 Å². The third-order valence-electron chi connectivity index (χ3n) is 3.22. The molecule has 0 aliphatic rings. The van der Waals surface area contributed by atoms with Gasteiger partial charge in [0, 0.05) is 24.4 Å². The maximum absolute atomic E-state index is 10.5. The van der Waals surface area contributed by atoms with Crippen molar-refractivity contribution in [1.29, 1.82) is 0 Å². The fourth-order valence-electron chi connectivity index (χ4n) is 2.11. The molecular weight excluding hydrogens is 320 g/mol. The number of methoxy groups -OCH3 is 1. The molecule has 0 saturated heterocycles. The molecule has 2 atom stereocenters. The summed E-state index contributed by atoms with van der Waals surface area (Å²) in [6.07, 6.45) is 0.992. The van der Waals surface area contributed by atoms with Gasteiger partial charge in [0.2, 0.25) is 0 Å². The second-order valence-corrected chi connectivity index (χ2v) is 5.29. The van der Waals surface area contributed by atoms with Gasteiger partial charge in [-0.15, -0.1) is 0 Å². The molecule has 5 heteroatoms. The summed E-state index contributed by atoms with van der Waals surface area (Å²) in [5, 5.41) is 10.5. The van der Waals surface area contributed by atoms with Crippen molar-refractivity contribution in [2.45, 2.75) is 12.0 Å². The number of benzene rings is 1. The molecule has 0 aliphatic heterocycles. The third-order valence-corrected chi connectivity index (χ3v) is 3.84. The van der Waals surface area contributed by atoms with E-state index < -0.39 is 6.10 Å². The first-order valence-corrected chi connectivity index (χ1v) is 7.09. The highest BCUT2D eigenvalue weighted by atomic mass is 79.9. The van der Waals surface area contributed by atoms with Crippen LogP contribution in [0.15, 0.2) is 47.1 Å². The zero-order chi connectivity index (χ0) is 14.5. The Morgan fingerprint density at radius 3 is 2.70 bits per heavy atom. The lowest BCUT2D eigenvalue weighted by Gasteiger charge is -2.22. The molecule has 0 spiro atoms. The minimum atomic E-state index is -0.711. The zero-order valence-electron chi connectivity index (χ0n) is 11.2. The Hall–Kier alpha value is -1.43. The minimum Gasteiger partial charge on any atom is -0.496 e. The summed E-state index contributed by atoms with van der Waals surface area (Å²) in [5.41, 5.74) is 7.36. The molecule has 2 rings (SSSR count). The Kier molecular flexibility index (Phi) is 5.11. The van der Waals surface area contributed by atoms with Gasteiger partial charge >= 0.3 is 0 Å². The molecule has 0 fully saturated rings. The number of ether oxygens (including phenoxy) is 1. The van der Waals surface area contributed by atoms with Crippen LogP contribution in [0.1, 0.15) is 23.3 Å². The fourth-order valence-corrected chi connectivity index (χ4v) is 2.66. The normalized spacial score (nSPS) is 13.8. The predicted molar refractivity (Wildman–Crippen MR) is 81.7 cm³/mol. The van der Waals surface area contributed by atoms with Crippen molar-refractivity contribution >= 4 is 15.9 Å². The summed E-state index contributed by atoms with van der Waals surface area (Å²) >= 11 is 3.42. The molecule has 106 valence electrons. The maximum Gasteiger partial charge on any atom is 0.133 e. The van der Waals surface area contributed by atoms with Gasteiger partial charge in [0.15, 0.2) is 0 Å². The van der Waals surface area contributed by atoms with Crippen LogP contribution < -0.4 is 10.5 Å². The van der Waals surface area contributed by atoms with E-state index in [1.54, 1.807) is 13.3 Å². The summed E-state index contributed by atoms with van der Waals surface area (Å²) in [6.45, 7) is 0.321. The highest BCUT2D eigenvalue weighted by molar-refractivity contribution is 9.10. The molecular formula is C15H17BrN2O2. The highest BCUT2D eigenvalue weighted by Crippen LogP contribution is 2.33. The molecule has 0 amide bonds. The lowest BCUT2D eigenvalue weighted by molar-refractivity contribution is 0.145. The highest BCUT2D eigenvalue weighted by Gasteiger charge is 2.23.